The second-order valence-corrected chi connectivity index (χ2v) is 4.96. The molecule has 2 N–H and O–H groups in total. The van der Waals surface area contributed by atoms with Gasteiger partial charge in [-0.15, -0.1) is 0 Å². The number of nitrogens with zero attached hydrogens (tertiary/aromatic N) is 2. The fourth-order valence-electron chi connectivity index (χ4n) is 2.20. The van der Waals surface area contributed by atoms with Crippen molar-refractivity contribution in [2.75, 3.05) is 0 Å². The Hall–Kier alpha value is -1.30. The molecule has 0 atom stereocenters. The van der Waals surface area contributed by atoms with E-state index in [-0.39, 0.29) is 0 Å². The van der Waals surface area contributed by atoms with E-state index in [2.05, 4.69) is 52.0 Å². The van der Waals surface area contributed by atoms with E-state index in [1.165, 1.54) is 10.9 Å². The molecule has 0 radical (unpaired) electrons. The molecule has 0 fully saturated rings. The lowest BCUT2D eigenvalue weighted by molar-refractivity contribution is 0.617. The summed E-state index contributed by atoms with van der Waals surface area (Å²) in [7, 11) is 0. The maximum Gasteiger partial charge on any atom is 0.0831 e. The van der Waals surface area contributed by atoms with Crippen molar-refractivity contribution in [3.05, 3.63) is 42.2 Å². The minimum absolute atomic E-state index is 0.373. The smallest absolute Gasteiger partial charge is 0.0831 e. The lowest BCUT2D eigenvalue weighted by atomic mass is 10.2. The summed E-state index contributed by atoms with van der Waals surface area (Å²) in [4.78, 5) is 0. The van der Waals surface area contributed by atoms with E-state index in [1.807, 2.05) is 22.9 Å². The molecular weight excluding hydrogens is 337 g/mol. The van der Waals surface area contributed by atoms with Gasteiger partial charge in [0, 0.05) is 34.9 Å². The molecule has 0 saturated carbocycles. The average molecular weight is 353 g/mol. The summed E-state index contributed by atoms with van der Waals surface area (Å²) in [6, 6.07) is 10.9. The van der Waals surface area contributed by atoms with Crippen LogP contribution in [0.2, 0.25) is 0 Å². The van der Waals surface area contributed by atoms with E-state index in [1.54, 1.807) is 12.4 Å². The number of allylic oxidation sites excluding steroid dienone is 1. The summed E-state index contributed by atoms with van der Waals surface area (Å²) in [5.41, 5.74) is 8.98. The predicted octanol–water partition coefficient (Wildman–Crippen LogP) is 3.94. The summed E-state index contributed by atoms with van der Waals surface area (Å²) in [5.74, 6) is 0. The monoisotopic (exact) mass is 353 g/mol. The minimum atomic E-state index is 0.373. The first-order chi connectivity index (χ1) is 8.69. The van der Waals surface area contributed by atoms with E-state index in [0.29, 0.717) is 6.04 Å². The van der Waals surface area contributed by atoms with Crippen LogP contribution < -0.4 is 5.73 Å². The van der Waals surface area contributed by atoms with Crippen molar-refractivity contribution in [1.29, 1.82) is 0 Å². The van der Waals surface area contributed by atoms with Gasteiger partial charge in [0.15, 0.2) is 0 Å². The van der Waals surface area contributed by atoms with Crippen molar-refractivity contribution < 1.29 is 0 Å². The third-order valence-corrected chi connectivity index (χ3v) is 3.21. The number of nitrogens with two attached hydrogens (primary N) is 1. The quantitative estimate of drug-likeness (QED) is 0.659. The number of halogens is 1. The Labute approximate surface area is 121 Å². The van der Waals surface area contributed by atoms with Crippen LogP contribution >= 0.6 is 22.9 Å². The molecule has 0 bridgehead atoms. The van der Waals surface area contributed by atoms with Gasteiger partial charge in [-0.3, -0.25) is 0 Å². The lowest BCUT2D eigenvalue weighted by Crippen LogP contribution is -2.06. The van der Waals surface area contributed by atoms with Gasteiger partial charge in [-0.25, -0.2) is 3.21 Å². The van der Waals surface area contributed by atoms with E-state index >= 15 is 0 Å². The van der Waals surface area contributed by atoms with Crippen molar-refractivity contribution in [1.82, 2.24) is 4.57 Å². The number of benzene rings is 1. The van der Waals surface area contributed by atoms with Crippen LogP contribution in [0.4, 0.5) is 0 Å². The Morgan fingerprint density at radius 1 is 1.39 bits per heavy atom. The van der Waals surface area contributed by atoms with E-state index < -0.39 is 0 Å². The third kappa shape index (κ3) is 2.29. The second kappa shape index (κ2) is 5.56. The first kappa shape index (κ1) is 13.1. The second-order valence-electron chi connectivity index (χ2n) is 4.40. The van der Waals surface area contributed by atoms with Crippen molar-refractivity contribution in [3.8, 4) is 0 Å². The molecule has 0 saturated heterocycles. The Balaban J connectivity index is 2.73. The van der Waals surface area contributed by atoms with Crippen LogP contribution in [-0.4, -0.2) is 10.8 Å². The topological polar surface area (TPSA) is 43.3 Å². The van der Waals surface area contributed by atoms with E-state index in [4.69, 9.17) is 5.73 Å². The minimum Gasteiger partial charge on any atom is -0.404 e. The molecule has 3 nitrogen and oxygen atoms in total. The number of fused-ring (bicyclic) bond motifs is 1. The molecule has 1 aromatic carbocycles. The molecule has 0 aliphatic heterocycles. The highest BCUT2D eigenvalue weighted by Gasteiger charge is 2.13. The first-order valence-corrected chi connectivity index (χ1v) is 6.82. The van der Waals surface area contributed by atoms with Crippen LogP contribution in [0, 0.1) is 0 Å². The molecule has 0 aliphatic carbocycles. The molecule has 0 aliphatic rings. The highest BCUT2D eigenvalue weighted by molar-refractivity contribution is 14.1. The van der Waals surface area contributed by atoms with Gasteiger partial charge in [0.2, 0.25) is 0 Å². The zero-order chi connectivity index (χ0) is 13.1. The third-order valence-electron chi connectivity index (χ3n) is 2.93. The van der Waals surface area contributed by atoms with Crippen LogP contribution in [0.5, 0.6) is 0 Å². The van der Waals surface area contributed by atoms with E-state index in [9.17, 15) is 0 Å². The standard InChI is InChI=1S/C14H16IN3/c1-10(2)18-13-6-4-3-5-11(13)7-14(18)12(8-16)9-17-15/h3-10H,16H2,1-2H3. The molecule has 0 spiro atoms. The zero-order valence-electron chi connectivity index (χ0n) is 10.5. The molecule has 18 heavy (non-hydrogen) atoms. The normalized spacial score (nSPS) is 13.0. The Kier molecular flexibility index (Phi) is 4.06. The Bertz CT molecular complexity index is 609. The van der Waals surface area contributed by atoms with Gasteiger partial charge < -0.3 is 10.3 Å². The number of hydrogen-bond donors (Lipinski definition) is 1. The van der Waals surface area contributed by atoms with E-state index in [0.717, 1.165) is 11.3 Å². The molecule has 1 heterocycles. The maximum absolute atomic E-state index is 5.71. The summed E-state index contributed by atoms with van der Waals surface area (Å²) in [5, 5.41) is 1.22. The largest absolute Gasteiger partial charge is 0.404 e. The summed E-state index contributed by atoms with van der Waals surface area (Å²) >= 11 is 1.96. The lowest BCUT2D eigenvalue weighted by Gasteiger charge is -2.14. The van der Waals surface area contributed by atoms with Gasteiger partial charge in [-0.1, -0.05) is 18.2 Å². The molecule has 0 amide bonds. The molecule has 2 aromatic rings. The molecule has 0 unspecified atom stereocenters. The fraction of sp³-hybridized carbons (Fsp3) is 0.214. The van der Waals surface area contributed by atoms with Gasteiger partial charge >= 0.3 is 0 Å². The van der Waals surface area contributed by atoms with Gasteiger partial charge in [0.05, 0.1) is 28.6 Å². The fourth-order valence-corrected chi connectivity index (χ4v) is 2.50. The van der Waals surface area contributed by atoms with Gasteiger partial charge in [0.25, 0.3) is 0 Å². The van der Waals surface area contributed by atoms with Crippen molar-refractivity contribution in [3.63, 3.8) is 0 Å². The predicted molar refractivity (Wildman–Crippen MR) is 87.0 cm³/mol. The summed E-state index contributed by atoms with van der Waals surface area (Å²) in [6.45, 7) is 4.34. The Morgan fingerprint density at radius 3 is 2.72 bits per heavy atom. The first-order valence-electron chi connectivity index (χ1n) is 5.85. The van der Waals surface area contributed by atoms with Gasteiger partial charge in [-0.05, 0) is 26.0 Å². The van der Waals surface area contributed by atoms with Crippen LogP contribution in [0.1, 0.15) is 25.6 Å². The van der Waals surface area contributed by atoms with Crippen molar-refractivity contribution >= 4 is 45.6 Å². The summed E-state index contributed by atoms with van der Waals surface area (Å²) in [6.07, 6.45) is 3.39. The highest BCUT2D eigenvalue weighted by Crippen LogP contribution is 2.27. The van der Waals surface area contributed by atoms with Crippen LogP contribution in [0.3, 0.4) is 0 Å². The molecule has 94 valence electrons. The Morgan fingerprint density at radius 2 is 2.11 bits per heavy atom. The molecule has 4 heteroatoms. The highest BCUT2D eigenvalue weighted by atomic mass is 127. The van der Waals surface area contributed by atoms with Gasteiger partial charge in [-0.2, -0.15) is 0 Å². The van der Waals surface area contributed by atoms with Crippen molar-refractivity contribution in [2.24, 2.45) is 8.94 Å². The number of hydrogen-bond acceptors (Lipinski definition) is 2. The average Bonchev–Trinajstić information content (AvgIpc) is 2.74. The van der Waals surface area contributed by atoms with Crippen molar-refractivity contribution in [2.45, 2.75) is 19.9 Å². The molecular formula is C14H16IN3. The molecule has 1 aromatic heterocycles. The number of para-hydroxylation sites is 1. The summed E-state index contributed by atoms with van der Waals surface area (Å²) < 4.78 is 6.32. The molecule has 2 rings (SSSR count). The van der Waals surface area contributed by atoms with Crippen LogP contribution in [0.25, 0.3) is 16.5 Å². The number of aromatic nitrogens is 1. The van der Waals surface area contributed by atoms with Crippen LogP contribution in [-0.2, 0) is 0 Å². The SMILES string of the molecule is CC(C)n1c(C(C=NI)=CN)cc2ccccc21. The maximum atomic E-state index is 5.71. The van der Waals surface area contributed by atoms with Gasteiger partial charge in [0.1, 0.15) is 0 Å². The zero-order valence-corrected chi connectivity index (χ0v) is 12.6. The van der Waals surface area contributed by atoms with Crippen LogP contribution in [0.15, 0.2) is 39.7 Å². The number of rotatable bonds is 3.